The Morgan fingerprint density at radius 3 is 2.67 bits per heavy atom. The summed E-state index contributed by atoms with van der Waals surface area (Å²) in [4.78, 5) is 4.87. The molecule has 3 rings (SSSR count). The van der Waals surface area contributed by atoms with E-state index in [0.717, 1.165) is 70.9 Å². The zero-order valence-electron chi connectivity index (χ0n) is 14.1. The van der Waals surface area contributed by atoms with Gasteiger partial charge in [-0.3, -0.25) is 9.80 Å². The van der Waals surface area contributed by atoms with E-state index in [9.17, 15) is 5.11 Å². The summed E-state index contributed by atoms with van der Waals surface area (Å²) < 4.78 is 11.4. The van der Waals surface area contributed by atoms with Crippen LogP contribution in [0.5, 0.6) is 5.75 Å². The van der Waals surface area contributed by atoms with E-state index < -0.39 is 0 Å². The van der Waals surface area contributed by atoms with Crippen molar-refractivity contribution in [3.05, 3.63) is 28.8 Å². The Labute approximate surface area is 149 Å². The minimum atomic E-state index is 0.0132. The van der Waals surface area contributed by atoms with Crippen LogP contribution in [0.4, 0.5) is 0 Å². The molecule has 1 N–H and O–H groups in total. The van der Waals surface area contributed by atoms with Crippen LogP contribution in [0.2, 0.25) is 5.02 Å². The summed E-state index contributed by atoms with van der Waals surface area (Å²) in [5.41, 5.74) is 1.14. The molecule has 0 aromatic heterocycles. The fourth-order valence-corrected chi connectivity index (χ4v) is 3.44. The zero-order chi connectivity index (χ0) is 16.8. The SMILES string of the molecule is Oc1ccc(CN2CCN(CCOC3CCCCO3)CC2)cc1Cl. The number of nitrogens with zero attached hydrogens (tertiary/aromatic N) is 2. The molecule has 24 heavy (non-hydrogen) atoms. The van der Waals surface area contributed by atoms with Gasteiger partial charge in [-0.2, -0.15) is 0 Å². The third kappa shape index (κ3) is 5.33. The topological polar surface area (TPSA) is 45.2 Å². The number of rotatable bonds is 6. The molecule has 0 radical (unpaired) electrons. The van der Waals surface area contributed by atoms with E-state index in [2.05, 4.69) is 9.80 Å². The van der Waals surface area contributed by atoms with Gasteiger partial charge in [-0.25, -0.2) is 0 Å². The van der Waals surface area contributed by atoms with Gasteiger partial charge in [0.1, 0.15) is 5.75 Å². The first-order chi connectivity index (χ1) is 11.7. The van der Waals surface area contributed by atoms with Crippen molar-refractivity contribution < 1.29 is 14.6 Å². The van der Waals surface area contributed by atoms with Gasteiger partial charge < -0.3 is 14.6 Å². The highest BCUT2D eigenvalue weighted by Gasteiger charge is 2.18. The second kappa shape index (κ2) is 9.02. The summed E-state index contributed by atoms with van der Waals surface area (Å²) in [5.74, 6) is 0.146. The van der Waals surface area contributed by atoms with E-state index in [1.165, 1.54) is 6.42 Å². The first-order valence-corrected chi connectivity index (χ1v) is 9.24. The number of phenolic OH excluding ortho intramolecular Hbond substituents is 1. The molecule has 6 heteroatoms. The molecule has 1 aromatic carbocycles. The molecular formula is C18H27ClN2O3. The Morgan fingerprint density at radius 1 is 1.17 bits per heavy atom. The van der Waals surface area contributed by atoms with Crippen molar-refractivity contribution in [2.45, 2.75) is 32.1 Å². The van der Waals surface area contributed by atoms with Crippen LogP contribution in [-0.4, -0.2) is 67.1 Å². The first-order valence-electron chi connectivity index (χ1n) is 8.86. The fraction of sp³-hybridized carbons (Fsp3) is 0.667. The molecule has 2 aliphatic heterocycles. The number of phenols is 1. The van der Waals surface area contributed by atoms with Crippen LogP contribution in [0.1, 0.15) is 24.8 Å². The minimum absolute atomic E-state index is 0.0132. The lowest BCUT2D eigenvalue weighted by Gasteiger charge is -2.35. The van der Waals surface area contributed by atoms with E-state index >= 15 is 0 Å². The monoisotopic (exact) mass is 354 g/mol. The van der Waals surface area contributed by atoms with Crippen molar-refractivity contribution in [3.8, 4) is 5.75 Å². The Balaban J connectivity index is 1.34. The van der Waals surface area contributed by atoms with Crippen LogP contribution in [0, 0.1) is 0 Å². The molecule has 0 bridgehead atoms. The Kier molecular flexibility index (Phi) is 6.75. The quantitative estimate of drug-likeness (QED) is 0.851. The number of piperazine rings is 1. The smallest absolute Gasteiger partial charge is 0.157 e. The number of aromatic hydroxyl groups is 1. The van der Waals surface area contributed by atoms with Crippen molar-refractivity contribution >= 4 is 11.6 Å². The Bertz CT molecular complexity index is 515. The highest BCUT2D eigenvalue weighted by atomic mass is 35.5. The largest absolute Gasteiger partial charge is 0.506 e. The van der Waals surface area contributed by atoms with Crippen molar-refractivity contribution in [3.63, 3.8) is 0 Å². The summed E-state index contributed by atoms with van der Waals surface area (Å²) in [6.45, 7) is 7.63. The van der Waals surface area contributed by atoms with Crippen LogP contribution < -0.4 is 0 Å². The van der Waals surface area contributed by atoms with Gasteiger partial charge in [0.2, 0.25) is 0 Å². The maximum absolute atomic E-state index is 9.49. The van der Waals surface area contributed by atoms with Gasteiger partial charge >= 0.3 is 0 Å². The normalized spacial score (nSPS) is 23.5. The minimum Gasteiger partial charge on any atom is -0.506 e. The lowest BCUT2D eigenvalue weighted by molar-refractivity contribution is -0.164. The third-order valence-electron chi connectivity index (χ3n) is 4.73. The predicted octanol–water partition coefficient (Wildman–Crippen LogP) is 2.71. The standard InChI is InChI=1S/C18H27ClN2O3/c19-16-13-15(4-5-17(16)22)14-21-8-6-20(7-9-21)10-12-24-18-3-1-2-11-23-18/h4-5,13,18,22H,1-3,6-12,14H2. The van der Waals surface area contributed by atoms with Gasteiger partial charge in [0, 0.05) is 45.9 Å². The number of halogens is 1. The lowest BCUT2D eigenvalue weighted by atomic mass is 10.2. The fourth-order valence-electron chi connectivity index (χ4n) is 3.23. The molecule has 2 saturated heterocycles. The Hall–Kier alpha value is -0.850. The van der Waals surface area contributed by atoms with Crippen molar-refractivity contribution in [1.29, 1.82) is 0 Å². The third-order valence-corrected chi connectivity index (χ3v) is 5.04. The van der Waals surface area contributed by atoms with Gasteiger partial charge in [0.05, 0.1) is 11.6 Å². The van der Waals surface area contributed by atoms with Crippen LogP contribution >= 0.6 is 11.6 Å². The van der Waals surface area contributed by atoms with E-state index in [1.54, 1.807) is 6.07 Å². The maximum Gasteiger partial charge on any atom is 0.157 e. The highest BCUT2D eigenvalue weighted by Crippen LogP contribution is 2.24. The van der Waals surface area contributed by atoms with Crippen molar-refractivity contribution in [2.24, 2.45) is 0 Å². The van der Waals surface area contributed by atoms with Gasteiger partial charge in [-0.05, 0) is 37.0 Å². The lowest BCUT2D eigenvalue weighted by Crippen LogP contribution is -2.47. The average molecular weight is 355 g/mol. The average Bonchev–Trinajstić information content (AvgIpc) is 2.61. The first kappa shape index (κ1) is 18.0. The predicted molar refractivity (Wildman–Crippen MR) is 94.4 cm³/mol. The maximum atomic E-state index is 9.49. The van der Waals surface area contributed by atoms with Crippen LogP contribution in [-0.2, 0) is 16.0 Å². The van der Waals surface area contributed by atoms with Crippen LogP contribution in [0.3, 0.4) is 0 Å². The summed E-state index contributed by atoms with van der Waals surface area (Å²) in [6, 6.07) is 5.45. The molecule has 1 atom stereocenters. The van der Waals surface area contributed by atoms with E-state index in [4.69, 9.17) is 21.1 Å². The Morgan fingerprint density at radius 2 is 1.96 bits per heavy atom. The molecule has 0 spiro atoms. The number of hydrogen-bond acceptors (Lipinski definition) is 5. The molecule has 134 valence electrons. The molecule has 2 aliphatic rings. The van der Waals surface area contributed by atoms with Crippen molar-refractivity contribution in [2.75, 3.05) is 45.9 Å². The molecule has 5 nitrogen and oxygen atoms in total. The summed E-state index contributed by atoms with van der Waals surface area (Å²) >= 11 is 5.98. The zero-order valence-corrected chi connectivity index (χ0v) is 14.9. The molecule has 2 heterocycles. The van der Waals surface area contributed by atoms with Gasteiger partial charge in [-0.1, -0.05) is 17.7 Å². The number of hydrogen-bond donors (Lipinski definition) is 1. The van der Waals surface area contributed by atoms with Gasteiger partial charge in [0.25, 0.3) is 0 Å². The molecule has 0 saturated carbocycles. The molecule has 0 aliphatic carbocycles. The van der Waals surface area contributed by atoms with E-state index in [0.29, 0.717) is 5.02 Å². The molecule has 2 fully saturated rings. The van der Waals surface area contributed by atoms with Crippen LogP contribution in [0.15, 0.2) is 18.2 Å². The summed E-state index contributed by atoms with van der Waals surface area (Å²) in [7, 11) is 0. The van der Waals surface area contributed by atoms with Crippen LogP contribution in [0.25, 0.3) is 0 Å². The summed E-state index contributed by atoms with van der Waals surface area (Å²) in [5, 5.41) is 9.91. The van der Waals surface area contributed by atoms with Gasteiger partial charge in [0.15, 0.2) is 6.29 Å². The number of ether oxygens (including phenoxy) is 2. The van der Waals surface area contributed by atoms with E-state index in [-0.39, 0.29) is 12.0 Å². The number of benzene rings is 1. The molecule has 1 unspecified atom stereocenters. The molecular weight excluding hydrogens is 328 g/mol. The summed E-state index contributed by atoms with van der Waals surface area (Å²) in [6.07, 6.45) is 3.42. The van der Waals surface area contributed by atoms with Gasteiger partial charge in [-0.15, -0.1) is 0 Å². The van der Waals surface area contributed by atoms with Crippen molar-refractivity contribution in [1.82, 2.24) is 9.80 Å². The highest BCUT2D eigenvalue weighted by molar-refractivity contribution is 6.32. The molecule has 1 aromatic rings. The molecule has 0 amide bonds. The second-order valence-corrected chi connectivity index (χ2v) is 6.98. The van der Waals surface area contributed by atoms with E-state index in [1.807, 2.05) is 12.1 Å². The second-order valence-electron chi connectivity index (χ2n) is 6.57.